The van der Waals surface area contributed by atoms with Gasteiger partial charge in [0, 0.05) is 17.2 Å². The Kier molecular flexibility index (Phi) is 3.43. The Morgan fingerprint density at radius 2 is 1.76 bits per heavy atom. The summed E-state index contributed by atoms with van der Waals surface area (Å²) in [5.41, 5.74) is 4.97. The van der Waals surface area contributed by atoms with Crippen molar-refractivity contribution in [2.24, 2.45) is 0 Å². The molecule has 0 amide bonds. The Bertz CT molecular complexity index is 667. The standard InChI is InChI=1S/C13H16F3N5/c1-7-9(17)18-11(12(2,3)4)19-10(7)21-6-5-8(20-21)13(14,15)16/h5-6H,1-4H3,(H2,17,18,19). The topological polar surface area (TPSA) is 69.6 Å². The first-order valence-electron chi connectivity index (χ1n) is 6.28. The molecule has 0 radical (unpaired) electrons. The minimum Gasteiger partial charge on any atom is -0.383 e. The van der Waals surface area contributed by atoms with Gasteiger partial charge in [0.1, 0.15) is 11.6 Å². The van der Waals surface area contributed by atoms with Crippen molar-refractivity contribution in [3.8, 4) is 5.82 Å². The maximum atomic E-state index is 12.6. The largest absolute Gasteiger partial charge is 0.435 e. The van der Waals surface area contributed by atoms with E-state index in [1.54, 1.807) is 6.92 Å². The van der Waals surface area contributed by atoms with Gasteiger partial charge in [0.15, 0.2) is 11.5 Å². The van der Waals surface area contributed by atoms with Crippen LogP contribution in [-0.2, 0) is 11.6 Å². The van der Waals surface area contributed by atoms with Crippen molar-refractivity contribution >= 4 is 5.82 Å². The average Bonchev–Trinajstić information content (AvgIpc) is 2.80. The third-order valence-corrected chi connectivity index (χ3v) is 2.93. The molecule has 0 spiro atoms. The first-order valence-corrected chi connectivity index (χ1v) is 6.28. The van der Waals surface area contributed by atoms with Gasteiger partial charge < -0.3 is 5.73 Å². The molecule has 5 nitrogen and oxygen atoms in total. The molecule has 0 aliphatic carbocycles. The van der Waals surface area contributed by atoms with Gasteiger partial charge in [-0.15, -0.1) is 0 Å². The summed E-state index contributed by atoms with van der Waals surface area (Å²) >= 11 is 0. The molecule has 0 aliphatic rings. The van der Waals surface area contributed by atoms with Crippen LogP contribution < -0.4 is 5.73 Å². The van der Waals surface area contributed by atoms with Crippen molar-refractivity contribution in [2.45, 2.75) is 39.3 Å². The van der Waals surface area contributed by atoms with Crippen LogP contribution >= 0.6 is 0 Å². The summed E-state index contributed by atoms with van der Waals surface area (Å²) in [6, 6.07) is 0.897. The van der Waals surface area contributed by atoms with E-state index in [9.17, 15) is 13.2 Å². The van der Waals surface area contributed by atoms with Crippen LogP contribution in [0.25, 0.3) is 5.82 Å². The fourth-order valence-electron chi connectivity index (χ4n) is 1.67. The number of aromatic nitrogens is 4. The van der Waals surface area contributed by atoms with Crippen molar-refractivity contribution in [3.05, 3.63) is 29.3 Å². The molecule has 0 saturated heterocycles. The number of nitrogens with zero attached hydrogens (tertiary/aromatic N) is 4. The number of anilines is 1. The predicted molar refractivity (Wildman–Crippen MR) is 72.0 cm³/mol. The molecule has 21 heavy (non-hydrogen) atoms. The summed E-state index contributed by atoms with van der Waals surface area (Å²) in [7, 11) is 0. The van der Waals surface area contributed by atoms with Gasteiger partial charge in [-0.1, -0.05) is 20.8 Å². The quantitative estimate of drug-likeness (QED) is 0.879. The molecule has 0 aromatic carbocycles. The first-order chi connectivity index (χ1) is 9.50. The monoisotopic (exact) mass is 299 g/mol. The Morgan fingerprint density at radius 1 is 1.14 bits per heavy atom. The Hall–Kier alpha value is -2.12. The van der Waals surface area contributed by atoms with Crippen molar-refractivity contribution in [2.75, 3.05) is 5.73 Å². The van der Waals surface area contributed by atoms with Crippen LogP contribution in [0.5, 0.6) is 0 Å². The number of rotatable bonds is 1. The van der Waals surface area contributed by atoms with E-state index in [4.69, 9.17) is 5.73 Å². The fourth-order valence-corrected chi connectivity index (χ4v) is 1.67. The second-order valence-electron chi connectivity index (χ2n) is 5.77. The maximum Gasteiger partial charge on any atom is 0.435 e. The predicted octanol–water partition coefficient (Wildman–Crippen LogP) is 2.87. The Morgan fingerprint density at radius 3 is 2.24 bits per heavy atom. The van der Waals surface area contributed by atoms with Gasteiger partial charge in [0.05, 0.1) is 0 Å². The van der Waals surface area contributed by atoms with Crippen molar-refractivity contribution < 1.29 is 13.2 Å². The molecular weight excluding hydrogens is 283 g/mol. The Labute approximate surface area is 120 Å². The van der Waals surface area contributed by atoms with Crippen molar-refractivity contribution in [3.63, 3.8) is 0 Å². The lowest BCUT2D eigenvalue weighted by Crippen LogP contribution is -2.20. The van der Waals surface area contributed by atoms with Gasteiger partial charge in [-0.3, -0.25) is 0 Å². The molecule has 0 bridgehead atoms. The molecule has 2 aromatic heterocycles. The number of nitrogen functional groups attached to an aromatic ring is 1. The van der Waals surface area contributed by atoms with Crippen molar-refractivity contribution in [1.29, 1.82) is 0 Å². The molecule has 114 valence electrons. The van der Waals surface area contributed by atoms with Gasteiger partial charge in [-0.2, -0.15) is 18.3 Å². The number of halogens is 3. The van der Waals surface area contributed by atoms with E-state index in [1.807, 2.05) is 20.8 Å². The molecule has 0 saturated carbocycles. The smallest absolute Gasteiger partial charge is 0.383 e. The van der Waals surface area contributed by atoms with Gasteiger partial charge in [0.2, 0.25) is 0 Å². The number of hydrogen-bond donors (Lipinski definition) is 1. The van der Waals surface area contributed by atoms with Crippen LogP contribution in [0.15, 0.2) is 12.3 Å². The van der Waals surface area contributed by atoms with E-state index in [2.05, 4.69) is 15.1 Å². The third kappa shape index (κ3) is 2.98. The molecule has 2 aromatic rings. The van der Waals surface area contributed by atoms with E-state index >= 15 is 0 Å². The SMILES string of the molecule is Cc1c(N)nc(C(C)(C)C)nc1-n1ccc(C(F)(F)F)n1. The Balaban J connectivity index is 2.58. The maximum absolute atomic E-state index is 12.6. The highest BCUT2D eigenvalue weighted by Crippen LogP contribution is 2.29. The molecule has 0 unspecified atom stereocenters. The molecule has 0 aliphatic heterocycles. The molecule has 8 heteroatoms. The second-order valence-corrected chi connectivity index (χ2v) is 5.77. The first kappa shape index (κ1) is 15.3. The summed E-state index contributed by atoms with van der Waals surface area (Å²) in [6.07, 6.45) is -3.28. The lowest BCUT2D eigenvalue weighted by atomic mass is 9.95. The molecular formula is C13H16F3N5. The lowest BCUT2D eigenvalue weighted by Gasteiger charge is -2.19. The zero-order valence-corrected chi connectivity index (χ0v) is 12.2. The van der Waals surface area contributed by atoms with Crippen LogP contribution in [-0.4, -0.2) is 19.7 Å². The van der Waals surface area contributed by atoms with E-state index in [-0.39, 0.29) is 17.1 Å². The third-order valence-electron chi connectivity index (χ3n) is 2.93. The van der Waals surface area contributed by atoms with Crippen LogP contribution in [0.4, 0.5) is 19.0 Å². The molecule has 0 fully saturated rings. The normalized spacial score (nSPS) is 12.7. The minimum absolute atomic E-state index is 0.231. The van der Waals surface area contributed by atoms with Gasteiger partial charge in [0.25, 0.3) is 0 Å². The number of alkyl halides is 3. The summed E-state index contributed by atoms with van der Waals surface area (Å²) in [4.78, 5) is 8.50. The summed E-state index contributed by atoms with van der Waals surface area (Å²) in [6.45, 7) is 7.33. The fraction of sp³-hybridized carbons (Fsp3) is 0.462. The van der Waals surface area contributed by atoms with E-state index in [0.29, 0.717) is 11.4 Å². The minimum atomic E-state index is -4.50. The molecule has 0 atom stereocenters. The van der Waals surface area contributed by atoms with E-state index < -0.39 is 11.9 Å². The van der Waals surface area contributed by atoms with Crippen LogP contribution in [0.1, 0.15) is 37.9 Å². The molecule has 2 N–H and O–H groups in total. The van der Waals surface area contributed by atoms with Crippen LogP contribution in [0.3, 0.4) is 0 Å². The highest BCUT2D eigenvalue weighted by atomic mass is 19.4. The summed E-state index contributed by atoms with van der Waals surface area (Å²) in [5.74, 6) is 0.932. The highest BCUT2D eigenvalue weighted by Gasteiger charge is 2.34. The average molecular weight is 299 g/mol. The molecule has 2 rings (SSSR count). The van der Waals surface area contributed by atoms with Crippen molar-refractivity contribution in [1.82, 2.24) is 19.7 Å². The zero-order valence-electron chi connectivity index (χ0n) is 12.2. The highest BCUT2D eigenvalue weighted by molar-refractivity contribution is 5.48. The van der Waals surface area contributed by atoms with Gasteiger partial charge in [-0.05, 0) is 13.0 Å². The van der Waals surface area contributed by atoms with Gasteiger partial charge in [-0.25, -0.2) is 14.6 Å². The summed E-state index contributed by atoms with van der Waals surface area (Å²) < 4.78 is 39.0. The van der Waals surface area contributed by atoms with E-state index in [1.165, 1.54) is 6.20 Å². The van der Waals surface area contributed by atoms with Crippen LogP contribution in [0, 0.1) is 6.92 Å². The lowest BCUT2D eigenvalue weighted by molar-refractivity contribution is -0.141. The second kappa shape index (κ2) is 4.71. The summed E-state index contributed by atoms with van der Waals surface area (Å²) in [5, 5.41) is 3.52. The van der Waals surface area contributed by atoms with E-state index in [0.717, 1.165) is 10.7 Å². The number of nitrogens with two attached hydrogens (primary N) is 1. The van der Waals surface area contributed by atoms with Gasteiger partial charge >= 0.3 is 6.18 Å². The zero-order chi connectivity index (χ0) is 16.0. The number of hydrogen-bond acceptors (Lipinski definition) is 4. The molecule has 2 heterocycles. The van der Waals surface area contributed by atoms with Crippen LogP contribution in [0.2, 0.25) is 0 Å².